The molecule has 72 valence electrons. The van der Waals surface area contributed by atoms with Gasteiger partial charge in [-0.3, -0.25) is 0 Å². The second-order valence-electron chi connectivity index (χ2n) is 3.48. The molecule has 2 nitrogen and oxygen atoms in total. The Bertz CT molecular complexity index is 239. The molecule has 1 rings (SSSR count). The van der Waals surface area contributed by atoms with E-state index in [0.29, 0.717) is 6.04 Å². The molecule has 0 saturated carbocycles. The topological polar surface area (TPSA) is 24.1 Å². The van der Waals surface area contributed by atoms with Gasteiger partial charge in [-0.1, -0.05) is 26.0 Å². The van der Waals surface area contributed by atoms with Gasteiger partial charge < -0.3 is 10.6 Å². The zero-order valence-corrected chi connectivity index (χ0v) is 8.59. The minimum Gasteiger partial charge on any atom is -0.388 e. The van der Waals surface area contributed by atoms with E-state index >= 15 is 0 Å². The Morgan fingerprint density at radius 1 is 1.15 bits per heavy atom. The van der Waals surface area contributed by atoms with Crippen molar-refractivity contribution in [1.82, 2.24) is 5.32 Å². The van der Waals surface area contributed by atoms with Crippen molar-refractivity contribution in [2.24, 2.45) is 0 Å². The van der Waals surface area contributed by atoms with E-state index in [2.05, 4.69) is 48.7 Å². The van der Waals surface area contributed by atoms with Crippen LogP contribution in [0.15, 0.2) is 24.3 Å². The zero-order valence-electron chi connectivity index (χ0n) is 8.59. The summed E-state index contributed by atoms with van der Waals surface area (Å²) in [6.07, 6.45) is 0. The lowest BCUT2D eigenvalue weighted by Gasteiger charge is -2.08. The number of hydrogen-bond acceptors (Lipinski definition) is 2. The fourth-order valence-electron chi connectivity index (χ4n) is 1.11. The third-order valence-electron chi connectivity index (χ3n) is 1.96. The van der Waals surface area contributed by atoms with Crippen molar-refractivity contribution in [2.75, 3.05) is 12.4 Å². The van der Waals surface area contributed by atoms with Gasteiger partial charge in [-0.25, -0.2) is 0 Å². The predicted molar refractivity (Wildman–Crippen MR) is 58.0 cm³/mol. The second kappa shape index (κ2) is 4.87. The molecule has 0 aromatic heterocycles. The van der Waals surface area contributed by atoms with Crippen LogP contribution in [0.2, 0.25) is 0 Å². The number of nitrogens with one attached hydrogen (secondary N) is 2. The Morgan fingerprint density at radius 2 is 1.77 bits per heavy atom. The number of anilines is 1. The number of hydrogen-bond donors (Lipinski definition) is 2. The van der Waals surface area contributed by atoms with Gasteiger partial charge in [-0.15, -0.1) is 0 Å². The molecule has 0 radical (unpaired) electrons. The van der Waals surface area contributed by atoms with Crippen LogP contribution in [0.3, 0.4) is 0 Å². The first-order valence-corrected chi connectivity index (χ1v) is 4.72. The first-order valence-electron chi connectivity index (χ1n) is 4.72. The van der Waals surface area contributed by atoms with Crippen molar-refractivity contribution in [3.63, 3.8) is 0 Å². The fraction of sp³-hybridized carbons (Fsp3) is 0.455. The maximum Gasteiger partial charge on any atom is 0.0337 e. The highest BCUT2D eigenvalue weighted by Gasteiger charge is 1.94. The molecule has 0 aliphatic heterocycles. The molecule has 0 amide bonds. The van der Waals surface area contributed by atoms with Gasteiger partial charge in [0.2, 0.25) is 0 Å². The minimum atomic E-state index is 0.545. The normalized spacial score (nSPS) is 10.5. The van der Waals surface area contributed by atoms with Crippen LogP contribution in [0.1, 0.15) is 19.4 Å². The Labute approximate surface area is 80.4 Å². The lowest BCUT2D eigenvalue weighted by atomic mass is 10.2. The first kappa shape index (κ1) is 10.1. The standard InChI is InChI=1S/C11H18N2/c1-9(2)13-8-10-4-6-11(12-3)7-5-10/h4-7,9,12-13H,8H2,1-3H3. The summed E-state index contributed by atoms with van der Waals surface area (Å²) in [5.74, 6) is 0. The van der Waals surface area contributed by atoms with E-state index in [-0.39, 0.29) is 0 Å². The van der Waals surface area contributed by atoms with Gasteiger partial charge in [0.05, 0.1) is 0 Å². The highest BCUT2D eigenvalue weighted by Crippen LogP contribution is 2.08. The van der Waals surface area contributed by atoms with Crippen LogP contribution >= 0.6 is 0 Å². The molecule has 0 unspecified atom stereocenters. The van der Waals surface area contributed by atoms with Crippen molar-refractivity contribution in [3.05, 3.63) is 29.8 Å². The second-order valence-corrected chi connectivity index (χ2v) is 3.48. The molecule has 0 heterocycles. The third kappa shape index (κ3) is 3.47. The van der Waals surface area contributed by atoms with Crippen molar-refractivity contribution in [1.29, 1.82) is 0 Å². The molecule has 1 aromatic carbocycles. The van der Waals surface area contributed by atoms with Gasteiger partial charge in [-0.05, 0) is 17.7 Å². The van der Waals surface area contributed by atoms with Crippen LogP contribution in [-0.2, 0) is 6.54 Å². The Hall–Kier alpha value is -1.02. The molecule has 13 heavy (non-hydrogen) atoms. The minimum absolute atomic E-state index is 0.545. The van der Waals surface area contributed by atoms with Crippen molar-refractivity contribution in [3.8, 4) is 0 Å². The molecule has 0 aliphatic rings. The summed E-state index contributed by atoms with van der Waals surface area (Å²) in [5.41, 5.74) is 2.49. The maximum atomic E-state index is 3.38. The lowest BCUT2D eigenvalue weighted by molar-refractivity contribution is 0.589. The Morgan fingerprint density at radius 3 is 2.23 bits per heavy atom. The smallest absolute Gasteiger partial charge is 0.0337 e. The lowest BCUT2D eigenvalue weighted by Crippen LogP contribution is -2.21. The number of benzene rings is 1. The molecule has 0 aliphatic carbocycles. The molecular formula is C11H18N2. The van der Waals surface area contributed by atoms with E-state index in [4.69, 9.17) is 0 Å². The van der Waals surface area contributed by atoms with Crippen molar-refractivity contribution in [2.45, 2.75) is 26.4 Å². The summed E-state index contributed by atoms with van der Waals surface area (Å²) in [4.78, 5) is 0. The van der Waals surface area contributed by atoms with E-state index in [1.54, 1.807) is 0 Å². The van der Waals surface area contributed by atoms with E-state index in [1.165, 1.54) is 5.56 Å². The number of rotatable bonds is 4. The summed E-state index contributed by atoms with van der Waals surface area (Å²) in [6.45, 7) is 5.26. The maximum absolute atomic E-state index is 3.38. The van der Waals surface area contributed by atoms with Gasteiger partial charge in [0.15, 0.2) is 0 Å². The third-order valence-corrected chi connectivity index (χ3v) is 1.96. The Kier molecular flexibility index (Phi) is 3.77. The van der Waals surface area contributed by atoms with Gasteiger partial charge >= 0.3 is 0 Å². The van der Waals surface area contributed by atoms with E-state index < -0.39 is 0 Å². The quantitative estimate of drug-likeness (QED) is 0.738. The van der Waals surface area contributed by atoms with Crippen LogP contribution in [0.5, 0.6) is 0 Å². The average molecular weight is 178 g/mol. The summed E-state index contributed by atoms with van der Waals surface area (Å²) < 4.78 is 0. The van der Waals surface area contributed by atoms with Gasteiger partial charge in [-0.2, -0.15) is 0 Å². The molecular weight excluding hydrogens is 160 g/mol. The van der Waals surface area contributed by atoms with Crippen molar-refractivity contribution < 1.29 is 0 Å². The molecule has 0 saturated heterocycles. The summed E-state index contributed by atoms with van der Waals surface area (Å²) in [7, 11) is 1.93. The van der Waals surface area contributed by atoms with E-state index in [0.717, 1.165) is 12.2 Å². The molecule has 0 atom stereocenters. The Balaban J connectivity index is 2.49. The molecule has 2 heteroatoms. The largest absolute Gasteiger partial charge is 0.388 e. The molecule has 0 bridgehead atoms. The van der Waals surface area contributed by atoms with Crippen LogP contribution in [0.25, 0.3) is 0 Å². The van der Waals surface area contributed by atoms with Gasteiger partial charge in [0.1, 0.15) is 0 Å². The monoisotopic (exact) mass is 178 g/mol. The van der Waals surface area contributed by atoms with E-state index in [9.17, 15) is 0 Å². The van der Waals surface area contributed by atoms with Crippen LogP contribution in [-0.4, -0.2) is 13.1 Å². The zero-order chi connectivity index (χ0) is 9.68. The van der Waals surface area contributed by atoms with Crippen LogP contribution < -0.4 is 10.6 Å². The molecule has 1 aromatic rings. The van der Waals surface area contributed by atoms with Gasteiger partial charge in [0.25, 0.3) is 0 Å². The highest BCUT2D eigenvalue weighted by molar-refractivity contribution is 5.43. The fourth-order valence-corrected chi connectivity index (χ4v) is 1.11. The van der Waals surface area contributed by atoms with E-state index in [1.807, 2.05) is 7.05 Å². The predicted octanol–water partition coefficient (Wildman–Crippen LogP) is 2.23. The van der Waals surface area contributed by atoms with Crippen LogP contribution in [0, 0.1) is 0 Å². The summed E-state index contributed by atoms with van der Waals surface area (Å²) in [6, 6.07) is 9.01. The summed E-state index contributed by atoms with van der Waals surface area (Å²) in [5, 5.41) is 6.48. The van der Waals surface area contributed by atoms with Crippen LogP contribution in [0.4, 0.5) is 5.69 Å². The first-order chi connectivity index (χ1) is 6.22. The summed E-state index contributed by atoms with van der Waals surface area (Å²) >= 11 is 0. The SMILES string of the molecule is CNc1ccc(CNC(C)C)cc1. The molecule has 2 N–H and O–H groups in total. The van der Waals surface area contributed by atoms with Crippen molar-refractivity contribution >= 4 is 5.69 Å². The molecule has 0 fully saturated rings. The molecule has 0 spiro atoms. The average Bonchev–Trinajstić information content (AvgIpc) is 2.15. The van der Waals surface area contributed by atoms with Gasteiger partial charge in [0, 0.05) is 25.3 Å². The highest BCUT2D eigenvalue weighted by atomic mass is 14.9.